The predicted octanol–water partition coefficient (Wildman–Crippen LogP) is 0.737. The van der Waals surface area contributed by atoms with Gasteiger partial charge in [0, 0.05) is 24.3 Å². The van der Waals surface area contributed by atoms with Gasteiger partial charge in [-0.15, -0.1) is 0 Å². The minimum absolute atomic E-state index is 0.0521. The molecule has 0 aliphatic rings. The van der Waals surface area contributed by atoms with Gasteiger partial charge in [0.25, 0.3) is 0 Å². The van der Waals surface area contributed by atoms with E-state index in [4.69, 9.17) is 16.0 Å². The Morgan fingerprint density at radius 2 is 2.24 bits per heavy atom. The molecule has 0 aliphatic carbocycles. The number of aliphatic hydroxyl groups is 1. The maximum atomic E-state index is 13.1. The Bertz CT molecular complexity index is 423. The number of halogens is 1. The van der Waals surface area contributed by atoms with E-state index >= 15 is 0 Å². The molecule has 0 amide bonds. The summed E-state index contributed by atoms with van der Waals surface area (Å²) in [6.07, 6.45) is 0. The van der Waals surface area contributed by atoms with Gasteiger partial charge in [0.05, 0.1) is 6.61 Å². The molecule has 5 nitrogen and oxygen atoms in total. The van der Waals surface area contributed by atoms with E-state index in [0.717, 1.165) is 0 Å². The lowest BCUT2D eigenvalue weighted by atomic mass is 10.1. The first-order chi connectivity index (χ1) is 8.01. The van der Waals surface area contributed by atoms with Crippen LogP contribution in [0.4, 0.5) is 10.1 Å². The first-order valence-electron chi connectivity index (χ1n) is 5.12. The maximum Gasteiger partial charge on any atom is 0.172 e. The first-order valence-corrected chi connectivity index (χ1v) is 5.12. The molecule has 0 radical (unpaired) electrons. The van der Waals surface area contributed by atoms with Crippen LogP contribution in [0.15, 0.2) is 23.4 Å². The zero-order valence-electron chi connectivity index (χ0n) is 9.76. The lowest BCUT2D eigenvalue weighted by Gasteiger charge is -2.27. The molecule has 0 spiro atoms. The van der Waals surface area contributed by atoms with Crippen LogP contribution in [0.5, 0.6) is 0 Å². The summed E-state index contributed by atoms with van der Waals surface area (Å²) in [5.41, 5.74) is 6.36. The minimum Gasteiger partial charge on any atom is -0.409 e. The van der Waals surface area contributed by atoms with Crippen molar-refractivity contribution in [2.75, 3.05) is 18.6 Å². The summed E-state index contributed by atoms with van der Waals surface area (Å²) in [5.74, 6) is -0.642. The topological polar surface area (TPSA) is 82.1 Å². The number of aliphatic hydroxyl groups excluding tert-OH is 1. The van der Waals surface area contributed by atoms with E-state index in [1.165, 1.54) is 18.2 Å². The molecule has 1 unspecified atom stereocenters. The number of likely N-dealkylation sites (N-methyl/N-ethyl adjacent to an activating group) is 1. The Morgan fingerprint density at radius 1 is 1.59 bits per heavy atom. The smallest absolute Gasteiger partial charge is 0.172 e. The van der Waals surface area contributed by atoms with E-state index in [1.54, 1.807) is 18.9 Å². The monoisotopic (exact) mass is 241 g/mol. The van der Waals surface area contributed by atoms with Crippen LogP contribution >= 0.6 is 0 Å². The summed E-state index contributed by atoms with van der Waals surface area (Å²) in [5, 5.41) is 20.6. The van der Waals surface area contributed by atoms with Gasteiger partial charge in [0.15, 0.2) is 5.84 Å². The molecule has 4 N–H and O–H groups in total. The van der Waals surface area contributed by atoms with Crippen molar-refractivity contribution in [3.05, 3.63) is 29.6 Å². The van der Waals surface area contributed by atoms with Crippen molar-refractivity contribution < 1.29 is 14.7 Å². The summed E-state index contributed by atoms with van der Waals surface area (Å²) in [6.45, 7) is 1.75. The fourth-order valence-electron chi connectivity index (χ4n) is 1.43. The largest absolute Gasteiger partial charge is 0.409 e. The van der Waals surface area contributed by atoms with E-state index < -0.39 is 5.82 Å². The highest BCUT2D eigenvalue weighted by Crippen LogP contribution is 2.22. The van der Waals surface area contributed by atoms with E-state index in [9.17, 15) is 4.39 Å². The number of hydrogen-bond donors (Lipinski definition) is 3. The van der Waals surface area contributed by atoms with Gasteiger partial charge in [-0.05, 0) is 25.1 Å². The van der Waals surface area contributed by atoms with Gasteiger partial charge in [-0.2, -0.15) is 0 Å². The Morgan fingerprint density at radius 3 is 2.76 bits per heavy atom. The molecule has 1 aromatic carbocycles. The van der Waals surface area contributed by atoms with E-state index in [2.05, 4.69) is 5.16 Å². The fourth-order valence-corrected chi connectivity index (χ4v) is 1.43. The summed E-state index contributed by atoms with van der Waals surface area (Å²) in [7, 11) is 1.74. The van der Waals surface area contributed by atoms with Crippen molar-refractivity contribution in [1.29, 1.82) is 0 Å². The Balaban J connectivity index is 3.23. The third kappa shape index (κ3) is 2.85. The molecular formula is C11H16FN3O2. The molecule has 6 heteroatoms. The maximum absolute atomic E-state index is 13.1. The highest BCUT2D eigenvalue weighted by atomic mass is 19.1. The van der Waals surface area contributed by atoms with Crippen molar-refractivity contribution >= 4 is 11.5 Å². The third-order valence-electron chi connectivity index (χ3n) is 2.65. The summed E-state index contributed by atoms with van der Waals surface area (Å²) >= 11 is 0. The number of nitrogens with two attached hydrogens (primary N) is 1. The molecule has 0 saturated carbocycles. The molecule has 0 aliphatic heterocycles. The molecule has 17 heavy (non-hydrogen) atoms. The van der Waals surface area contributed by atoms with Gasteiger partial charge in [0.2, 0.25) is 0 Å². The zero-order valence-corrected chi connectivity index (χ0v) is 9.76. The van der Waals surface area contributed by atoms with Crippen LogP contribution in [0.1, 0.15) is 12.5 Å². The molecule has 94 valence electrons. The summed E-state index contributed by atoms with van der Waals surface area (Å²) in [6, 6.07) is 3.83. The SMILES string of the molecule is CC(CO)N(C)c1ccc(F)cc1/C(N)=N/O. The molecule has 1 atom stereocenters. The number of oxime groups is 1. The molecular weight excluding hydrogens is 225 g/mol. The van der Waals surface area contributed by atoms with E-state index in [0.29, 0.717) is 5.69 Å². The van der Waals surface area contributed by atoms with Crippen LogP contribution in [0.2, 0.25) is 0 Å². The first kappa shape index (κ1) is 13.2. The number of amidine groups is 1. The second kappa shape index (κ2) is 5.49. The average Bonchev–Trinajstić information content (AvgIpc) is 2.35. The molecule has 0 aromatic heterocycles. The molecule has 0 fully saturated rings. The highest BCUT2D eigenvalue weighted by molar-refractivity contribution is 6.02. The van der Waals surface area contributed by atoms with E-state index in [-0.39, 0.29) is 24.0 Å². The Kier molecular flexibility index (Phi) is 4.28. The van der Waals surface area contributed by atoms with Gasteiger partial charge in [-0.1, -0.05) is 5.16 Å². The van der Waals surface area contributed by atoms with Crippen LogP contribution < -0.4 is 10.6 Å². The highest BCUT2D eigenvalue weighted by Gasteiger charge is 2.16. The van der Waals surface area contributed by atoms with Gasteiger partial charge >= 0.3 is 0 Å². The summed E-state index contributed by atoms with van der Waals surface area (Å²) < 4.78 is 13.1. The number of benzene rings is 1. The van der Waals surface area contributed by atoms with Crippen molar-refractivity contribution in [2.24, 2.45) is 10.9 Å². The summed E-state index contributed by atoms with van der Waals surface area (Å²) in [4.78, 5) is 1.73. The number of rotatable bonds is 4. The second-order valence-corrected chi connectivity index (χ2v) is 3.79. The third-order valence-corrected chi connectivity index (χ3v) is 2.65. The molecule has 0 bridgehead atoms. The van der Waals surface area contributed by atoms with Crippen LogP contribution in [-0.2, 0) is 0 Å². The van der Waals surface area contributed by atoms with E-state index in [1.807, 2.05) is 0 Å². The molecule has 0 heterocycles. The zero-order chi connectivity index (χ0) is 13.0. The van der Waals surface area contributed by atoms with Crippen LogP contribution in [-0.4, -0.2) is 35.8 Å². The van der Waals surface area contributed by atoms with Crippen LogP contribution in [0, 0.1) is 5.82 Å². The Labute approximate surface area is 99.0 Å². The average molecular weight is 241 g/mol. The fraction of sp³-hybridized carbons (Fsp3) is 0.364. The second-order valence-electron chi connectivity index (χ2n) is 3.79. The quantitative estimate of drug-likeness (QED) is 0.314. The van der Waals surface area contributed by atoms with Crippen molar-refractivity contribution in [1.82, 2.24) is 0 Å². The van der Waals surface area contributed by atoms with Crippen molar-refractivity contribution in [2.45, 2.75) is 13.0 Å². The lowest BCUT2D eigenvalue weighted by molar-refractivity contribution is 0.270. The number of anilines is 1. The molecule has 1 rings (SSSR count). The number of nitrogens with zero attached hydrogens (tertiary/aromatic N) is 2. The molecule has 1 aromatic rings. The van der Waals surface area contributed by atoms with Crippen molar-refractivity contribution in [3.8, 4) is 0 Å². The number of hydrogen-bond acceptors (Lipinski definition) is 4. The lowest BCUT2D eigenvalue weighted by Crippen LogP contribution is -2.33. The standard InChI is InChI=1S/C11H16FN3O2/c1-7(6-16)15(2)10-4-3-8(12)5-9(10)11(13)14-17/h3-5,7,16-17H,6H2,1-2H3,(H2,13,14). The van der Waals surface area contributed by atoms with Gasteiger partial charge in [-0.25, -0.2) is 4.39 Å². The minimum atomic E-state index is -0.472. The van der Waals surface area contributed by atoms with Crippen molar-refractivity contribution in [3.63, 3.8) is 0 Å². The normalized spacial score (nSPS) is 13.5. The van der Waals surface area contributed by atoms with Crippen LogP contribution in [0.25, 0.3) is 0 Å². The van der Waals surface area contributed by atoms with Crippen LogP contribution in [0.3, 0.4) is 0 Å². The van der Waals surface area contributed by atoms with Gasteiger partial charge < -0.3 is 20.9 Å². The van der Waals surface area contributed by atoms with Gasteiger partial charge in [0.1, 0.15) is 5.82 Å². The molecule has 0 saturated heterocycles. The predicted molar refractivity (Wildman–Crippen MR) is 63.9 cm³/mol. The Hall–Kier alpha value is -1.82. The van der Waals surface area contributed by atoms with Gasteiger partial charge in [-0.3, -0.25) is 0 Å².